The topological polar surface area (TPSA) is 101 Å². The van der Waals surface area contributed by atoms with Crippen LogP contribution in [-0.4, -0.2) is 28.0 Å². The third-order valence-corrected chi connectivity index (χ3v) is 3.07. The molecule has 0 saturated heterocycles. The Morgan fingerprint density at radius 3 is 2.90 bits per heavy atom. The monoisotopic (exact) mass is 272 g/mol. The lowest BCUT2D eigenvalue weighted by Crippen LogP contribution is -2.44. The molecule has 6 nitrogen and oxygen atoms in total. The molecule has 1 aromatic carbocycles. The van der Waals surface area contributed by atoms with E-state index in [1.807, 2.05) is 37.3 Å². The maximum absolute atomic E-state index is 12.3. The average Bonchev–Trinajstić information content (AvgIpc) is 2.51. The maximum atomic E-state index is 12.3. The number of rotatable bonds is 4. The van der Waals surface area contributed by atoms with Gasteiger partial charge in [-0.1, -0.05) is 36.3 Å². The number of hydrogen-bond donors (Lipinski definition) is 3. The first kappa shape index (κ1) is 13.8. The van der Waals surface area contributed by atoms with Crippen LogP contribution in [0.15, 0.2) is 41.7 Å². The highest BCUT2D eigenvalue weighted by Gasteiger charge is 2.18. The summed E-state index contributed by atoms with van der Waals surface area (Å²) in [5.41, 5.74) is 5.86. The molecule has 0 bridgehead atoms. The standard InChI is InChI=1S/C14H16N4O2/c1-2-11(13(15)18-20)17-14(19)12-10-6-4-3-5-9(10)7-8-16-12/h3-8,11,20H,2H2,1H3,(H2,15,18)(H,17,19). The van der Waals surface area contributed by atoms with E-state index < -0.39 is 6.04 Å². The zero-order chi connectivity index (χ0) is 14.5. The number of aromatic nitrogens is 1. The number of nitrogens with one attached hydrogen (secondary N) is 1. The van der Waals surface area contributed by atoms with Crippen LogP contribution in [0.25, 0.3) is 10.8 Å². The Hall–Kier alpha value is -2.63. The number of benzene rings is 1. The van der Waals surface area contributed by atoms with Crippen molar-refractivity contribution in [1.29, 1.82) is 0 Å². The van der Waals surface area contributed by atoms with E-state index >= 15 is 0 Å². The molecular weight excluding hydrogens is 256 g/mol. The highest BCUT2D eigenvalue weighted by molar-refractivity contribution is 6.06. The summed E-state index contributed by atoms with van der Waals surface area (Å²) in [6.45, 7) is 1.83. The van der Waals surface area contributed by atoms with E-state index in [1.165, 1.54) is 0 Å². The van der Waals surface area contributed by atoms with Crippen LogP contribution >= 0.6 is 0 Å². The first-order valence-corrected chi connectivity index (χ1v) is 6.29. The lowest BCUT2D eigenvalue weighted by molar-refractivity contribution is 0.0942. The van der Waals surface area contributed by atoms with Crippen LogP contribution in [0.4, 0.5) is 0 Å². The molecule has 0 aliphatic carbocycles. The minimum atomic E-state index is -0.520. The molecule has 0 radical (unpaired) electrons. The molecule has 0 saturated carbocycles. The fourth-order valence-corrected chi connectivity index (χ4v) is 1.98. The predicted molar refractivity (Wildman–Crippen MR) is 76.7 cm³/mol. The van der Waals surface area contributed by atoms with Crippen LogP contribution in [-0.2, 0) is 0 Å². The fraction of sp³-hybridized carbons (Fsp3) is 0.214. The van der Waals surface area contributed by atoms with Gasteiger partial charge in [0.05, 0.1) is 6.04 Å². The lowest BCUT2D eigenvalue weighted by atomic mass is 10.1. The van der Waals surface area contributed by atoms with Crippen molar-refractivity contribution in [2.75, 3.05) is 0 Å². The van der Waals surface area contributed by atoms with E-state index in [1.54, 1.807) is 6.20 Å². The molecule has 0 aliphatic heterocycles. The number of amides is 1. The molecule has 1 aromatic heterocycles. The van der Waals surface area contributed by atoms with Crippen molar-refractivity contribution in [2.24, 2.45) is 10.9 Å². The molecule has 0 aliphatic rings. The van der Waals surface area contributed by atoms with Crippen molar-refractivity contribution in [1.82, 2.24) is 10.3 Å². The number of nitrogens with two attached hydrogens (primary N) is 1. The van der Waals surface area contributed by atoms with E-state index in [0.29, 0.717) is 12.1 Å². The van der Waals surface area contributed by atoms with Gasteiger partial charge in [-0.25, -0.2) is 0 Å². The largest absolute Gasteiger partial charge is 0.409 e. The second-order valence-electron chi connectivity index (χ2n) is 4.34. The highest BCUT2D eigenvalue weighted by Crippen LogP contribution is 2.16. The second-order valence-corrected chi connectivity index (χ2v) is 4.34. The van der Waals surface area contributed by atoms with Gasteiger partial charge in [0.2, 0.25) is 0 Å². The maximum Gasteiger partial charge on any atom is 0.271 e. The summed E-state index contributed by atoms with van der Waals surface area (Å²) in [6, 6.07) is 8.81. The van der Waals surface area contributed by atoms with Gasteiger partial charge in [-0.15, -0.1) is 0 Å². The molecule has 2 aromatic rings. The Kier molecular flexibility index (Phi) is 4.14. The summed E-state index contributed by atoms with van der Waals surface area (Å²) in [7, 11) is 0. The van der Waals surface area contributed by atoms with Gasteiger partial charge >= 0.3 is 0 Å². The molecule has 0 fully saturated rings. The van der Waals surface area contributed by atoms with Crippen LogP contribution in [0.2, 0.25) is 0 Å². The highest BCUT2D eigenvalue weighted by atomic mass is 16.4. The van der Waals surface area contributed by atoms with Crippen molar-refractivity contribution in [3.8, 4) is 0 Å². The van der Waals surface area contributed by atoms with Gasteiger partial charge in [0.1, 0.15) is 5.69 Å². The second kappa shape index (κ2) is 6.01. The van der Waals surface area contributed by atoms with Crippen LogP contribution in [0.3, 0.4) is 0 Å². The first-order valence-electron chi connectivity index (χ1n) is 6.29. The number of carbonyl (C=O) groups is 1. The molecule has 1 unspecified atom stereocenters. The predicted octanol–water partition coefficient (Wildman–Crippen LogP) is 1.49. The Balaban J connectivity index is 2.32. The normalized spacial score (nSPS) is 13.2. The van der Waals surface area contributed by atoms with E-state index in [-0.39, 0.29) is 11.7 Å². The molecule has 6 heteroatoms. The lowest BCUT2D eigenvalue weighted by Gasteiger charge is -2.15. The molecule has 0 spiro atoms. The number of carbonyl (C=O) groups excluding carboxylic acids is 1. The zero-order valence-corrected chi connectivity index (χ0v) is 11.1. The molecule has 4 N–H and O–H groups in total. The molecular formula is C14H16N4O2. The van der Waals surface area contributed by atoms with E-state index in [9.17, 15) is 4.79 Å². The molecule has 1 heterocycles. The first-order chi connectivity index (χ1) is 9.67. The Labute approximate surface area is 116 Å². The van der Waals surface area contributed by atoms with Gasteiger partial charge in [-0.3, -0.25) is 9.78 Å². The Morgan fingerprint density at radius 1 is 1.45 bits per heavy atom. The van der Waals surface area contributed by atoms with Crippen molar-refractivity contribution >= 4 is 22.5 Å². The Bertz CT molecular complexity index is 649. The van der Waals surface area contributed by atoms with Crippen LogP contribution in [0, 0.1) is 0 Å². The number of fused-ring (bicyclic) bond motifs is 1. The molecule has 104 valence electrons. The quantitative estimate of drug-likeness (QED) is 0.340. The van der Waals surface area contributed by atoms with Crippen LogP contribution in [0.1, 0.15) is 23.8 Å². The van der Waals surface area contributed by atoms with Crippen molar-refractivity contribution in [3.05, 3.63) is 42.2 Å². The van der Waals surface area contributed by atoms with Crippen LogP contribution < -0.4 is 11.1 Å². The third kappa shape index (κ3) is 2.69. The summed E-state index contributed by atoms with van der Waals surface area (Å²) in [5.74, 6) is -0.374. The van der Waals surface area contributed by atoms with E-state index in [4.69, 9.17) is 10.9 Å². The number of nitrogens with zero attached hydrogens (tertiary/aromatic N) is 2. The van der Waals surface area contributed by atoms with Gasteiger partial charge in [0.15, 0.2) is 5.84 Å². The van der Waals surface area contributed by atoms with Crippen molar-refractivity contribution in [2.45, 2.75) is 19.4 Å². The number of pyridine rings is 1. The van der Waals surface area contributed by atoms with Gasteiger partial charge in [-0.2, -0.15) is 0 Å². The average molecular weight is 272 g/mol. The number of amidine groups is 1. The van der Waals surface area contributed by atoms with E-state index in [0.717, 1.165) is 10.8 Å². The summed E-state index contributed by atoms with van der Waals surface area (Å²) in [5, 5.41) is 16.0. The summed E-state index contributed by atoms with van der Waals surface area (Å²) < 4.78 is 0. The molecule has 1 amide bonds. The van der Waals surface area contributed by atoms with Crippen molar-refractivity contribution in [3.63, 3.8) is 0 Å². The Morgan fingerprint density at radius 2 is 2.20 bits per heavy atom. The van der Waals surface area contributed by atoms with Gasteiger partial charge in [0.25, 0.3) is 5.91 Å². The van der Waals surface area contributed by atoms with Gasteiger partial charge in [-0.05, 0) is 17.9 Å². The summed E-state index contributed by atoms with van der Waals surface area (Å²) in [4.78, 5) is 16.4. The third-order valence-electron chi connectivity index (χ3n) is 3.07. The molecule has 2 rings (SSSR count). The van der Waals surface area contributed by atoms with Crippen molar-refractivity contribution < 1.29 is 10.0 Å². The minimum Gasteiger partial charge on any atom is -0.409 e. The smallest absolute Gasteiger partial charge is 0.271 e. The molecule has 20 heavy (non-hydrogen) atoms. The molecule has 1 atom stereocenters. The zero-order valence-electron chi connectivity index (χ0n) is 11.1. The summed E-state index contributed by atoms with van der Waals surface area (Å²) >= 11 is 0. The SMILES string of the molecule is CCC(NC(=O)c1nccc2ccccc12)C(N)=NO. The van der Waals surface area contributed by atoms with Crippen LogP contribution in [0.5, 0.6) is 0 Å². The summed E-state index contributed by atoms with van der Waals surface area (Å²) in [6.07, 6.45) is 2.11. The van der Waals surface area contributed by atoms with E-state index in [2.05, 4.69) is 15.5 Å². The number of oxime groups is 1. The van der Waals surface area contributed by atoms with Gasteiger partial charge in [0, 0.05) is 11.6 Å². The van der Waals surface area contributed by atoms with Gasteiger partial charge < -0.3 is 16.3 Å². The fourth-order valence-electron chi connectivity index (χ4n) is 1.98. The minimum absolute atomic E-state index is 0.0268. The number of hydrogen-bond acceptors (Lipinski definition) is 4.